The van der Waals surface area contributed by atoms with Crippen LogP contribution in [0.2, 0.25) is 0 Å². The van der Waals surface area contributed by atoms with Crippen LogP contribution in [0.1, 0.15) is 0 Å². The van der Waals surface area contributed by atoms with Gasteiger partial charge in [0.15, 0.2) is 0 Å². The van der Waals surface area contributed by atoms with E-state index in [0.717, 1.165) is 22.6 Å². The summed E-state index contributed by atoms with van der Waals surface area (Å²) in [6.07, 6.45) is 0. The Bertz CT molecular complexity index is 3330. The number of hydrogen-bond acceptors (Lipinski definition) is 1. The van der Waals surface area contributed by atoms with Gasteiger partial charge < -0.3 is 9.13 Å². The van der Waals surface area contributed by atoms with Crippen LogP contribution in [-0.4, -0.2) is 14.1 Å². The minimum Gasteiger partial charge on any atom is -0.309 e. The van der Waals surface area contributed by atoms with Gasteiger partial charge in [-0.2, -0.15) is 0 Å². The second kappa shape index (κ2) is 11.1. The van der Waals surface area contributed by atoms with E-state index in [1.54, 1.807) is 0 Å². The van der Waals surface area contributed by atoms with Crippen LogP contribution < -0.4 is 0 Å². The van der Waals surface area contributed by atoms with E-state index in [9.17, 15) is 0 Å². The highest BCUT2D eigenvalue weighted by Crippen LogP contribution is 2.47. The quantitative estimate of drug-likeness (QED) is 0.181. The van der Waals surface area contributed by atoms with E-state index in [4.69, 9.17) is 4.98 Å². The zero-order valence-corrected chi connectivity index (χ0v) is 29.2. The van der Waals surface area contributed by atoms with Crippen LogP contribution in [0.3, 0.4) is 0 Å². The number of aromatic nitrogens is 3. The average molecular weight is 686 g/mol. The van der Waals surface area contributed by atoms with Crippen molar-refractivity contribution in [2.24, 2.45) is 0 Å². The third-order valence-corrected chi connectivity index (χ3v) is 11.4. The van der Waals surface area contributed by atoms with Crippen molar-refractivity contribution in [2.75, 3.05) is 0 Å². The SMILES string of the molecule is c1ccc(-n2c3ccccc3c3cc(-c4ccc5c6ccccc6n(-c6cccc(-c7cc8cccc9c8c(n7)-c7ccccc7-9)c6)c5c4)ccc32)cc1. The average Bonchev–Trinajstić information content (AvgIpc) is 3.87. The lowest BCUT2D eigenvalue weighted by molar-refractivity contribution is 1.18. The summed E-state index contributed by atoms with van der Waals surface area (Å²) in [6, 6.07) is 68.4. The molecule has 1 aliphatic rings. The van der Waals surface area contributed by atoms with Crippen molar-refractivity contribution >= 4 is 54.4 Å². The van der Waals surface area contributed by atoms with Crippen molar-refractivity contribution in [3.05, 3.63) is 188 Å². The molecule has 0 bridgehead atoms. The molecule has 0 atom stereocenters. The molecule has 3 heterocycles. The van der Waals surface area contributed by atoms with Crippen LogP contribution in [0.25, 0.3) is 111 Å². The van der Waals surface area contributed by atoms with Gasteiger partial charge in [-0.1, -0.05) is 127 Å². The number of nitrogens with zero attached hydrogens (tertiary/aromatic N) is 3. The molecule has 54 heavy (non-hydrogen) atoms. The van der Waals surface area contributed by atoms with Gasteiger partial charge in [0.1, 0.15) is 0 Å². The Hall–Kier alpha value is -7.23. The molecule has 12 rings (SSSR count). The zero-order valence-electron chi connectivity index (χ0n) is 29.2. The summed E-state index contributed by atoms with van der Waals surface area (Å²) in [7, 11) is 0. The van der Waals surface area contributed by atoms with Crippen molar-refractivity contribution in [1.82, 2.24) is 14.1 Å². The largest absolute Gasteiger partial charge is 0.309 e. The molecule has 0 N–H and O–H groups in total. The van der Waals surface area contributed by atoms with E-state index in [-0.39, 0.29) is 0 Å². The molecule has 0 spiro atoms. The molecule has 0 saturated carbocycles. The lowest BCUT2D eigenvalue weighted by atomic mass is 10.0. The van der Waals surface area contributed by atoms with Crippen LogP contribution in [0, 0.1) is 0 Å². The minimum absolute atomic E-state index is 0.984. The topological polar surface area (TPSA) is 22.8 Å². The Labute approximate surface area is 311 Å². The van der Waals surface area contributed by atoms with E-state index in [1.165, 1.54) is 87.9 Å². The van der Waals surface area contributed by atoms with Crippen LogP contribution in [0.4, 0.5) is 0 Å². The Morgan fingerprint density at radius 2 is 0.944 bits per heavy atom. The van der Waals surface area contributed by atoms with Crippen LogP contribution in [0.15, 0.2) is 188 Å². The second-order valence-corrected chi connectivity index (χ2v) is 14.4. The van der Waals surface area contributed by atoms with Crippen molar-refractivity contribution < 1.29 is 0 Å². The minimum atomic E-state index is 0.984. The van der Waals surface area contributed by atoms with Crippen molar-refractivity contribution in [1.29, 1.82) is 0 Å². The molecular formula is C51H31N3. The summed E-state index contributed by atoms with van der Waals surface area (Å²) >= 11 is 0. The standard InChI is InChI=1S/C51H31N3/c1-2-14-36(15-3-1)53-47-23-9-7-19-40(47)44-29-32(25-27-48(44)53)33-24-26-41-39-18-6-8-22-46(39)54(49(41)31-33)37-16-10-12-34(28-37)45-30-35-13-11-21-42-38-17-4-5-20-43(38)51(52-45)50(35)42/h1-31H. The fourth-order valence-corrected chi connectivity index (χ4v) is 9.04. The normalized spacial score (nSPS) is 12.1. The molecular weight excluding hydrogens is 655 g/mol. The highest BCUT2D eigenvalue weighted by Gasteiger charge is 2.23. The van der Waals surface area contributed by atoms with Gasteiger partial charge in [0.05, 0.1) is 33.5 Å². The molecule has 0 saturated heterocycles. The van der Waals surface area contributed by atoms with Gasteiger partial charge in [-0.25, -0.2) is 4.98 Å². The number of fused-ring (bicyclic) bond motifs is 9. The van der Waals surface area contributed by atoms with Crippen molar-refractivity contribution in [3.63, 3.8) is 0 Å². The van der Waals surface area contributed by atoms with E-state index in [0.29, 0.717) is 0 Å². The van der Waals surface area contributed by atoms with Crippen LogP contribution in [0.5, 0.6) is 0 Å². The van der Waals surface area contributed by atoms with Crippen LogP contribution >= 0.6 is 0 Å². The first kappa shape index (κ1) is 29.4. The third-order valence-electron chi connectivity index (χ3n) is 11.4. The highest BCUT2D eigenvalue weighted by molar-refractivity contribution is 6.15. The molecule has 0 aliphatic heterocycles. The maximum Gasteiger partial charge on any atom is 0.0800 e. The van der Waals surface area contributed by atoms with E-state index in [2.05, 4.69) is 197 Å². The van der Waals surface area contributed by atoms with Gasteiger partial charge in [-0.15, -0.1) is 0 Å². The Balaban J connectivity index is 1.03. The number of rotatable bonds is 4. The molecule has 0 fully saturated rings. The molecule has 250 valence electrons. The third kappa shape index (κ3) is 4.15. The number of hydrogen-bond donors (Lipinski definition) is 0. The molecule has 0 amide bonds. The molecule has 11 aromatic rings. The van der Waals surface area contributed by atoms with Gasteiger partial charge in [-0.05, 0) is 88.3 Å². The lowest BCUT2D eigenvalue weighted by Gasteiger charge is -2.12. The van der Waals surface area contributed by atoms with Gasteiger partial charge in [0.25, 0.3) is 0 Å². The summed E-state index contributed by atoms with van der Waals surface area (Å²) in [4.78, 5) is 5.34. The van der Waals surface area contributed by atoms with Crippen LogP contribution in [-0.2, 0) is 0 Å². The molecule has 3 nitrogen and oxygen atoms in total. The first-order chi connectivity index (χ1) is 26.8. The maximum atomic E-state index is 5.34. The van der Waals surface area contributed by atoms with Crippen molar-refractivity contribution in [2.45, 2.75) is 0 Å². The van der Waals surface area contributed by atoms with Gasteiger partial charge in [0, 0.05) is 49.4 Å². The Morgan fingerprint density at radius 3 is 1.80 bits per heavy atom. The first-order valence-corrected chi connectivity index (χ1v) is 18.6. The van der Waals surface area contributed by atoms with Crippen molar-refractivity contribution in [3.8, 4) is 56.1 Å². The van der Waals surface area contributed by atoms with E-state index < -0.39 is 0 Å². The highest BCUT2D eigenvalue weighted by atomic mass is 15.0. The van der Waals surface area contributed by atoms with Gasteiger partial charge >= 0.3 is 0 Å². The number of para-hydroxylation sites is 3. The van der Waals surface area contributed by atoms with Gasteiger partial charge in [0.2, 0.25) is 0 Å². The monoisotopic (exact) mass is 685 g/mol. The Kier molecular flexibility index (Phi) is 6.05. The zero-order chi connectivity index (χ0) is 35.3. The molecule has 8 aromatic carbocycles. The predicted molar refractivity (Wildman–Crippen MR) is 226 cm³/mol. The maximum absolute atomic E-state index is 5.34. The summed E-state index contributed by atoms with van der Waals surface area (Å²) < 4.78 is 4.79. The number of pyridine rings is 1. The lowest BCUT2D eigenvalue weighted by Crippen LogP contribution is -1.95. The summed E-state index contributed by atoms with van der Waals surface area (Å²) in [5.41, 5.74) is 16.4. The summed E-state index contributed by atoms with van der Waals surface area (Å²) in [6.45, 7) is 0. The Morgan fingerprint density at radius 1 is 0.333 bits per heavy atom. The summed E-state index contributed by atoms with van der Waals surface area (Å²) in [5.74, 6) is 0. The smallest absolute Gasteiger partial charge is 0.0800 e. The molecule has 0 unspecified atom stereocenters. The number of benzene rings is 8. The fourth-order valence-electron chi connectivity index (χ4n) is 9.04. The molecule has 3 heteroatoms. The predicted octanol–water partition coefficient (Wildman–Crippen LogP) is 13.4. The van der Waals surface area contributed by atoms with E-state index in [1.807, 2.05) is 0 Å². The molecule has 0 radical (unpaired) electrons. The fraction of sp³-hybridized carbons (Fsp3) is 0. The van der Waals surface area contributed by atoms with Gasteiger partial charge in [-0.3, -0.25) is 0 Å². The summed E-state index contributed by atoms with van der Waals surface area (Å²) in [5, 5.41) is 7.46. The molecule has 3 aromatic heterocycles. The second-order valence-electron chi connectivity index (χ2n) is 14.4. The first-order valence-electron chi connectivity index (χ1n) is 18.6. The van der Waals surface area contributed by atoms with E-state index >= 15 is 0 Å². The molecule has 1 aliphatic carbocycles.